The molecule has 168 valence electrons. The Morgan fingerprint density at radius 3 is 2.91 bits per heavy atom. The summed E-state index contributed by atoms with van der Waals surface area (Å²) in [6.45, 7) is 0.773. The standard InChI is InChI=1S/C22H25FN6O3/c23-15-10-14(11-24-12-15)17-5-3-8-28(17)20-7-9-29-21(27-20)19(13-25-29)32-22(31)26-16-4-1-2-6-18(16)30/h7,9-13,16-18,30H,1-6,8H2,(H,26,31)/t16-,17-,18-/m1/s1. The average molecular weight is 440 g/mol. The van der Waals surface area contributed by atoms with Crippen LogP contribution in [0.1, 0.15) is 50.1 Å². The molecule has 0 radical (unpaired) electrons. The Kier molecular flexibility index (Phi) is 5.60. The maximum Gasteiger partial charge on any atom is 0.413 e. The molecule has 0 spiro atoms. The minimum Gasteiger partial charge on any atom is -0.405 e. The van der Waals surface area contributed by atoms with E-state index in [9.17, 15) is 14.3 Å². The van der Waals surface area contributed by atoms with Gasteiger partial charge in [0.05, 0.1) is 30.6 Å². The molecule has 1 aliphatic heterocycles. The Hall–Kier alpha value is -3.27. The van der Waals surface area contributed by atoms with Crippen molar-refractivity contribution in [3.8, 4) is 5.75 Å². The first kappa shape index (κ1) is 20.6. The van der Waals surface area contributed by atoms with Gasteiger partial charge in [-0.05, 0) is 43.4 Å². The number of fused-ring (bicyclic) bond motifs is 1. The monoisotopic (exact) mass is 440 g/mol. The largest absolute Gasteiger partial charge is 0.413 e. The number of hydrogen-bond donors (Lipinski definition) is 2. The van der Waals surface area contributed by atoms with E-state index in [1.807, 2.05) is 6.07 Å². The van der Waals surface area contributed by atoms with Crippen molar-refractivity contribution in [3.05, 3.63) is 48.3 Å². The van der Waals surface area contributed by atoms with Gasteiger partial charge in [-0.1, -0.05) is 12.8 Å². The van der Waals surface area contributed by atoms with E-state index in [4.69, 9.17) is 4.74 Å². The lowest BCUT2D eigenvalue weighted by Crippen LogP contribution is -2.46. The van der Waals surface area contributed by atoms with Crippen LogP contribution in [0.2, 0.25) is 0 Å². The Morgan fingerprint density at radius 1 is 1.19 bits per heavy atom. The summed E-state index contributed by atoms with van der Waals surface area (Å²) in [6.07, 6.45) is 10.0. The molecule has 0 unspecified atom stereocenters. The third kappa shape index (κ3) is 4.10. The lowest BCUT2D eigenvalue weighted by atomic mass is 9.93. The molecular weight excluding hydrogens is 415 g/mol. The summed E-state index contributed by atoms with van der Waals surface area (Å²) >= 11 is 0. The summed E-state index contributed by atoms with van der Waals surface area (Å²) < 4.78 is 20.7. The van der Waals surface area contributed by atoms with Gasteiger partial charge in [-0.2, -0.15) is 5.10 Å². The van der Waals surface area contributed by atoms with Gasteiger partial charge in [-0.3, -0.25) is 4.98 Å². The summed E-state index contributed by atoms with van der Waals surface area (Å²) in [5.41, 5.74) is 1.21. The maximum atomic E-state index is 13.7. The zero-order valence-corrected chi connectivity index (χ0v) is 17.5. The van der Waals surface area contributed by atoms with Crippen molar-refractivity contribution >= 4 is 17.6 Å². The van der Waals surface area contributed by atoms with Crippen molar-refractivity contribution in [1.29, 1.82) is 0 Å². The molecule has 3 atom stereocenters. The molecular formula is C22H25FN6O3. The molecule has 0 bridgehead atoms. The molecule has 32 heavy (non-hydrogen) atoms. The Bertz CT molecular complexity index is 1120. The summed E-state index contributed by atoms with van der Waals surface area (Å²) in [5.74, 6) is 0.564. The summed E-state index contributed by atoms with van der Waals surface area (Å²) in [4.78, 5) is 23.2. The van der Waals surface area contributed by atoms with Gasteiger partial charge in [0, 0.05) is 18.9 Å². The van der Waals surface area contributed by atoms with Crippen molar-refractivity contribution < 1.29 is 19.0 Å². The van der Waals surface area contributed by atoms with Crippen LogP contribution >= 0.6 is 0 Å². The number of carbonyl (C=O) groups is 1. The number of pyridine rings is 1. The first-order chi connectivity index (χ1) is 15.6. The van der Waals surface area contributed by atoms with Crippen molar-refractivity contribution in [2.75, 3.05) is 11.4 Å². The van der Waals surface area contributed by atoms with Gasteiger partial charge in [0.1, 0.15) is 11.6 Å². The normalized spacial score (nSPS) is 23.4. The van der Waals surface area contributed by atoms with Gasteiger partial charge in [-0.25, -0.2) is 18.7 Å². The van der Waals surface area contributed by atoms with Crippen molar-refractivity contribution in [1.82, 2.24) is 24.9 Å². The number of hydrogen-bond acceptors (Lipinski definition) is 7. The predicted molar refractivity (Wildman–Crippen MR) is 114 cm³/mol. The molecule has 1 aliphatic carbocycles. The topological polar surface area (TPSA) is 105 Å². The van der Waals surface area contributed by atoms with Crippen LogP contribution in [0.5, 0.6) is 5.75 Å². The second kappa shape index (κ2) is 8.70. The molecule has 3 aromatic rings. The van der Waals surface area contributed by atoms with Crippen LogP contribution in [0, 0.1) is 5.82 Å². The number of nitrogens with zero attached hydrogens (tertiary/aromatic N) is 5. The first-order valence-electron chi connectivity index (χ1n) is 11.0. The summed E-state index contributed by atoms with van der Waals surface area (Å²) in [5, 5.41) is 17.0. The average Bonchev–Trinajstić information content (AvgIpc) is 3.43. The van der Waals surface area contributed by atoms with Crippen LogP contribution in [0.4, 0.5) is 15.0 Å². The minimum absolute atomic E-state index is 0.0310. The Balaban J connectivity index is 1.36. The highest BCUT2D eigenvalue weighted by molar-refractivity contribution is 5.73. The summed E-state index contributed by atoms with van der Waals surface area (Å²) in [7, 11) is 0. The van der Waals surface area contributed by atoms with Crippen LogP contribution in [-0.4, -0.2) is 49.5 Å². The molecule has 3 aromatic heterocycles. The highest BCUT2D eigenvalue weighted by atomic mass is 19.1. The zero-order valence-electron chi connectivity index (χ0n) is 17.5. The van der Waals surface area contributed by atoms with Crippen LogP contribution in [0.3, 0.4) is 0 Å². The fourth-order valence-electron chi connectivity index (χ4n) is 4.63. The zero-order chi connectivity index (χ0) is 22.1. The molecule has 0 aromatic carbocycles. The van der Waals surface area contributed by atoms with E-state index in [2.05, 4.69) is 25.3 Å². The third-order valence-corrected chi connectivity index (χ3v) is 6.22. The molecule has 5 rings (SSSR count). The molecule has 10 heteroatoms. The van der Waals surface area contributed by atoms with Crippen molar-refractivity contribution in [3.63, 3.8) is 0 Å². The Labute approximate surface area is 184 Å². The number of ether oxygens (including phenoxy) is 1. The molecule has 9 nitrogen and oxygen atoms in total. The fourth-order valence-corrected chi connectivity index (χ4v) is 4.63. The van der Waals surface area contributed by atoms with Crippen molar-refractivity contribution in [2.24, 2.45) is 0 Å². The number of anilines is 1. The number of amides is 1. The molecule has 2 fully saturated rings. The van der Waals surface area contributed by atoms with E-state index in [1.165, 1.54) is 23.0 Å². The van der Waals surface area contributed by atoms with Crippen molar-refractivity contribution in [2.45, 2.75) is 56.7 Å². The Morgan fingerprint density at radius 2 is 2.06 bits per heavy atom. The van der Waals surface area contributed by atoms with Gasteiger partial charge in [0.15, 0.2) is 5.75 Å². The maximum absolute atomic E-state index is 13.7. The summed E-state index contributed by atoms with van der Waals surface area (Å²) in [6, 6.07) is 3.00. The van der Waals surface area contributed by atoms with E-state index in [0.29, 0.717) is 17.9 Å². The molecule has 1 amide bonds. The minimum atomic E-state index is -0.636. The van der Waals surface area contributed by atoms with E-state index in [0.717, 1.165) is 44.2 Å². The SMILES string of the molecule is O=C(N[C@@H]1CCCC[C@H]1O)Oc1cnn2ccc(N3CCC[C@@H]3c3cncc(F)c3)nc12. The second-order valence-electron chi connectivity index (χ2n) is 8.34. The molecule has 2 aliphatic rings. The van der Waals surface area contributed by atoms with E-state index in [1.54, 1.807) is 12.4 Å². The molecule has 1 saturated heterocycles. The highest BCUT2D eigenvalue weighted by Crippen LogP contribution is 2.35. The molecule has 4 heterocycles. The third-order valence-electron chi connectivity index (χ3n) is 6.22. The van der Waals surface area contributed by atoms with Crippen LogP contribution < -0.4 is 15.0 Å². The smallest absolute Gasteiger partial charge is 0.405 e. The van der Waals surface area contributed by atoms with E-state index < -0.39 is 12.2 Å². The highest BCUT2D eigenvalue weighted by Gasteiger charge is 2.29. The number of aliphatic hydroxyl groups excluding tert-OH is 1. The predicted octanol–water partition coefficient (Wildman–Crippen LogP) is 3.00. The first-order valence-corrected chi connectivity index (χ1v) is 11.0. The van der Waals surface area contributed by atoms with Gasteiger partial charge < -0.3 is 20.1 Å². The van der Waals surface area contributed by atoms with Gasteiger partial charge >= 0.3 is 6.09 Å². The number of nitrogens with one attached hydrogen (secondary N) is 1. The van der Waals surface area contributed by atoms with Crippen LogP contribution in [0.25, 0.3) is 5.65 Å². The number of aromatic nitrogens is 4. The lowest BCUT2D eigenvalue weighted by molar-refractivity contribution is 0.0893. The lowest BCUT2D eigenvalue weighted by Gasteiger charge is -2.27. The number of rotatable bonds is 4. The number of carbonyl (C=O) groups excluding carboxylic acids is 1. The van der Waals surface area contributed by atoms with Gasteiger partial charge in [-0.15, -0.1) is 0 Å². The second-order valence-corrected chi connectivity index (χ2v) is 8.34. The van der Waals surface area contributed by atoms with Crippen LogP contribution in [-0.2, 0) is 0 Å². The number of halogens is 1. The van der Waals surface area contributed by atoms with E-state index in [-0.39, 0.29) is 23.7 Å². The number of aliphatic hydroxyl groups is 1. The fraction of sp³-hybridized carbons (Fsp3) is 0.455. The molecule has 2 N–H and O–H groups in total. The molecule has 1 saturated carbocycles. The van der Waals surface area contributed by atoms with E-state index >= 15 is 0 Å². The van der Waals surface area contributed by atoms with Gasteiger partial charge in [0.25, 0.3) is 0 Å². The van der Waals surface area contributed by atoms with Crippen LogP contribution in [0.15, 0.2) is 36.9 Å². The quantitative estimate of drug-likeness (QED) is 0.643. The van der Waals surface area contributed by atoms with Gasteiger partial charge in [0.2, 0.25) is 5.65 Å².